The molecule has 0 aliphatic carbocycles. The lowest BCUT2D eigenvalue weighted by Crippen LogP contribution is -2.28. The predicted molar refractivity (Wildman–Crippen MR) is 84.0 cm³/mol. The molecule has 22 heavy (non-hydrogen) atoms. The summed E-state index contributed by atoms with van der Waals surface area (Å²) < 4.78 is 16.3. The second kappa shape index (κ2) is 8.73. The van der Waals surface area contributed by atoms with Crippen LogP contribution in [0.4, 0.5) is 5.69 Å². The number of anilines is 1. The molecule has 1 aromatic carbocycles. The number of carbonyl (C=O) groups excluding carboxylic acids is 1. The number of nitrogens with two attached hydrogens (primary N) is 1. The first-order chi connectivity index (χ1) is 10.7. The summed E-state index contributed by atoms with van der Waals surface area (Å²) in [7, 11) is 1.55. The molecular weight excluding hydrogens is 284 g/mol. The van der Waals surface area contributed by atoms with Gasteiger partial charge >= 0.3 is 0 Å². The average molecular weight is 308 g/mol. The molecule has 2 unspecified atom stereocenters. The van der Waals surface area contributed by atoms with Crippen LogP contribution in [0, 0.1) is 0 Å². The van der Waals surface area contributed by atoms with Crippen LogP contribution in [0.5, 0.6) is 5.75 Å². The van der Waals surface area contributed by atoms with Crippen LogP contribution in [-0.4, -0.2) is 45.0 Å². The van der Waals surface area contributed by atoms with Gasteiger partial charge in [-0.2, -0.15) is 0 Å². The van der Waals surface area contributed by atoms with Gasteiger partial charge in [-0.3, -0.25) is 4.79 Å². The third-order valence-electron chi connectivity index (χ3n) is 3.61. The third kappa shape index (κ3) is 5.29. The fourth-order valence-corrected chi connectivity index (χ4v) is 2.28. The van der Waals surface area contributed by atoms with Gasteiger partial charge in [-0.15, -0.1) is 0 Å². The van der Waals surface area contributed by atoms with E-state index in [0.717, 1.165) is 30.9 Å². The molecule has 1 amide bonds. The summed E-state index contributed by atoms with van der Waals surface area (Å²) >= 11 is 0. The minimum atomic E-state index is -0.256. The molecule has 6 heteroatoms. The van der Waals surface area contributed by atoms with E-state index in [9.17, 15) is 4.79 Å². The molecule has 0 aromatic heterocycles. The Labute approximate surface area is 130 Å². The fraction of sp³-hybridized carbons (Fsp3) is 0.562. The normalized spacial score (nSPS) is 18.9. The van der Waals surface area contributed by atoms with Crippen molar-refractivity contribution in [2.24, 2.45) is 5.73 Å². The molecule has 1 saturated heterocycles. The highest BCUT2D eigenvalue weighted by atomic mass is 16.5. The molecule has 1 fully saturated rings. The van der Waals surface area contributed by atoms with Crippen molar-refractivity contribution in [2.75, 3.05) is 32.2 Å². The maximum absolute atomic E-state index is 11.8. The number of benzene rings is 1. The Bertz CT molecular complexity index is 454. The van der Waals surface area contributed by atoms with E-state index in [-0.39, 0.29) is 24.5 Å². The summed E-state index contributed by atoms with van der Waals surface area (Å²) in [6.07, 6.45) is 2.33. The van der Waals surface area contributed by atoms with E-state index in [1.54, 1.807) is 7.11 Å². The molecule has 0 bridgehead atoms. The van der Waals surface area contributed by atoms with E-state index in [0.29, 0.717) is 13.2 Å². The fourth-order valence-electron chi connectivity index (χ4n) is 2.28. The van der Waals surface area contributed by atoms with Crippen molar-refractivity contribution in [3.8, 4) is 5.75 Å². The second-order valence-corrected chi connectivity index (χ2v) is 5.32. The number of nitrogens with one attached hydrogen (secondary N) is 1. The number of carbonyl (C=O) groups is 1. The summed E-state index contributed by atoms with van der Waals surface area (Å²) in [5.74, 6) is 0.649. The largest absolute Gasteiger partial charge is 0.491 e. The topological polar surface area (TPSA) is 82.8 Å². The van der Waals surface area contributed by atoms with Gasteiger partial charge in [0, 0.05) is 25.9 Å². The first-order valence-corrected chi connectivity index (χ1v) is 7.58. The van der Waals surface area contributed by atoms with Crippen LogP contribution >= 0.6 is 0 Å². The van der Waals surface area contributed by atoms with Crippen molar-refractivity contribution < 1.29 is 19.0 Å². The minimum absolute atomic E-state index is 0.120. The van der Waals surface area contributed by atoms with Crippen LogP contribution in [0.25, 0.3) is 0 Å². The van der Waals surface area contributed by atoms with Crippen LogP contribution in [0.15, 0.2) is 24.3 Å². The van der Waals surface area contributed by atoms with Gasteiger partial charge in [0.1, 0.15) is 12.4 Å². The maximum atomic E-state index is 11.8. The highest BCUT2D eigenvalue weighted by molar-refractivity contribution is 5.91. The van der Waals surface area contributed by atoms with Crippen LogP contribution in [0.3, 0.4) is 0 Å². The van der Waals surface area contributed by atoms with Crippen LogP contribution in [-0.2, 0) is 14.3 Å². The molecule has 2 rings (SSSR count). The Kier molecular flexibility index (Phi) is 6.64. The summed E-state index contributed by atoms with van der Waals surface area (Å²) in [6.45, 7) is 1.71. The minimum Gasteiger partial charge on any atom is -0.491 e. The van der Waals surface area contributed by atoms with E-state index in [4.69, 9.17) is 19.9 Å². The SMILES string of the molecule is COC(CN)CC(=O)Nc1ccc(OCC2CCCO2)cc1. The quantitative estimate of drug-likeness (QED) is 0.761. The second-order valence-electron chi connectivity index (χ2n) is 5.32. The molecule has 3 N–H and O–H groups in total. The number of hydrogen-bond donors (Lipinski definition) is 2. The molecule has 122 valence electrons. The lowest BCUT2D eigenvalue weighted by Gasteiger charge is -2.13. The summed E-state index contributed by atoms with van der Waals surface area (Å²) in [5.41, 5.74) is 6.22. The number of amides is 1. The van der Waals surface area contributed by atoms with E-state index in [1.165, 1.54) is 0 Å². The molecule has 1 aliphatic heterocycles. The molecule has 0 spiro atoms. The maximum Gasteiger partial charge on any atom is 0.227 e. The Morgan fingerprint density at radius 2 is 2.23 bits per heavy atom. The van der Waals surface area contributed by atoms with Gasteiger partial charge in [-0.1, -0.05) is 0 Å². The lowest BCUT2D eigenvalue weighted by molar-refractivity contribution is -0.118. The van der Waals surface area contributed by atoms with Crippen molar-refractivity contribution in [1.82, 2.24) is 0 Å². The third-order valence-corrected chi connectivity index (χ3v) is 3.61. The number of methoxy groups -OCH3 is 1. The highest BCUT2D eigenvalue weighted by Gasteiger charge is 2.16. The Morgan fingerprint density at radius 3 is 2.82 bits per heavy atom. The molecule has 0 saturated carbocycles. The average Bonchev–Trinajstić information content (AvgIpc) is 3.05. The Morgan fingerprint density at radius 1 is 1.45 bits per heavy atom. The number of hydrogen-bond acceptors (Lipinski definition) is 5. The molecule has 0 radical (unpaired) electrons. The molecule has 6 nitrogen and oxygen atoms in total. The van der Waals surface area contributed by atoms with Crippen molar-refractivity contribution >= 4 is 11.6 Å². The van der Waals surface area contributed by atoms with E-state index < -0.39 is 0 Å². The van der Waals surface area contributed by atoms with Gasteiger partial charge in [-0.25, -0.2) is 0 Å². The Balaban J connectivity index is 1.77. The van der Waals surface area contributed by atoms with Crippen molar-refractivity contribution in [3.63, 3.8) is 0 Å². The standard InChI is InChI=1S/C16H24N2O4/c1-20-15(10-17)9-16(19)18-12-4-6-13(7-5-12)22-11-14-3-2-8-21-14/h4-7,14-15H,2-3,8-11,17H2,1H3,(H,18,19). The van der Waals surface area contributed by atoms with Crippen LogP contribution < -0.4 is 15.8 Å². The molecule has 1 aliphatic rings. The molecule has 1 aromatic rings. The van der Waals surface area contributed by atoms with Gasteiger partial charge < -0.3 is 25.3 Å². The van der Waals surface area contributed by atoms with E-state index in [1.807, 2.05) is 24.3 Å². The molecule has 1 heterocycles. The van der Waals surface area contributed by atoms with Crippen molar-refractivity contribution in [1.29, 1.82) is 0 Å². The first kappa shape index (κ1) is 16.7. The van der Waals surface area contributed by atoms with Gasteiger partial charge in [0.15, 0.2) is 0 Å². The summed E-state index contributed by atoms with van der Waals surface area (Å²) in [6, 6.07) is 7.29. The zero-order valence-electron chi connectivity index (χ0n) is 12.9. The highest BCUT2D eigenvalue weighted by Crippen LogP contribution is 2.18. The Hall–Kier alpha value is -1.63. The monoisotopic (exact) mass is 308 g/mol. The lowest BCUT2D eigenvalue weighted by atomic mass is 10.2. The van der Waals surface area contributed by atoms with Gasteiger partial charge in [0.2, 0.25) is 5.91 Å². The predicted octanol–water partition coefficient (Wildman–Crippen LogP) is 1.55. The summed E-state index contributed by atoms with van der Waals surface area (Å²) in [4.78, 5) is 11.8. The van der Waals surface area contributed by atoms with E-state index in [2.05, 4.69) is 5.32 Å². The van der Waals surface area contributed by atoms with Gasteiger partial charge in [0.05, 0.1) is 18.6 Å². The first-order valence-electron chi connectivity index (χ1n) is 7.58. The zero-order valence-corrected chi connectivity index (χ0v) is 12.9. The van der Waals surface area contributed by atoms with Gasteiger partial charge in [-0.05, 0) is 37.1 Å². The summed E-state index contributed by atoms with van der Waals surface area (Å²) in [5, 5.41) is 2.81. The number of ether oxygens (including phenoxy) is 3. The van der Waals surface area contributed by atoms with Crippen molar-refractivity contribution in [2.45, 2.75) is 31.5 Å². The molecular formula is C16H24N2O4. The van der Waals surface area contributed by atoms with Gasteiger partial charge in [0.25, 0.3) is 0 Å². The smallest absolute Gasteiger partial charge is 0.227 e. The van der Waals surface area contributed by atoms with E-state index >= 15 is 0 Å². The number of rotatable bonds is 8. The zero-order chi connectivity index (χ0) is 15.8. The van der Waals surface area contributed by atoms with Crippen molar-refractivity contribution in [3.05, 3.63) is 24.3 Å². The van der Waals surface area contributed by atoms with Crippen LogP contribution in [0.2, 0.25) is 0 Å². The molecule has 2 atom stereocenters. The van der Waals surface area contributed by atoms with Crippen LogP contribution in [0.1, 0.15) is 19.3 Å².